The van der Waals surface area contributed by atoms with Crippen LogP contribution in [0.4, 0.5) is 4.79 Å². The van der Waals surface area contributed by atoms with E-state index in [1.165, 1.54) is 20.9 Å². The second-order valence-electron chi connectivity index (χ2n) is 7.93. The van der Waals surface area contributed by atoms with Gasteiger partial charge in [-0.25, -0.2) is 4.79 Å². The summed E-state index contributed by atoms with van der Waals surface area (Å²) in [4.78, 5) is 41.5. The summed E-state index contributed by atoms with van der Waals surface area (Å²) in [5.74, 6) is -0.546. The van der Waals surface area contributed by atoms with Crippen molar-refractivity contribution >= 4 is 29.2 Å². The highest BCUT2D eigenvalue weighted by atomic mass is 32.1. The SMILES string of the molecule is O=C(CN1C(=O)CNC1=O)N1CCC2(CC1)OCCc1sc(-c3ccccc3)cc12. The lowest BCUT2D eigenvalue weighted by Gasteiger charge is -2.44. The molecular formula is C22H23N3O4S. The predicted molar refractivity (Wildman–Crippen MR) is 112 cm³/mol. The van der Waals surface area contributed by atoms with E-state index in [2.05, 4.69) is 35.6 Å². The minimum absolute atomic E-state index is 0.0340. The van der Waals surface area contributed by atoms with Crippen LogP contribution in [0.2, 0.25) is 0 Å². The fourth-order valence-corrected chi connectivity index (χ4v) is 5.78. The summed E-state index contributed by atoms with van der Waals surface area (Å²) in [6.07, 6.45) is 2.36. The Morgan fingerprint density at radius 2 is 1.93 bits per heavy atom. The van der Waals surface area contributed by atoms with Gasteiger partial charge in [-0.15, -0.1) is 11.3 Å². The molecule has 2 aromatic rings. The van der Waals surface area contributed by atoms with Gasteiger partial charge in [0.15, 0.2) is 0 Å². The Hall–Kier alpha value is -2.71. The predicted octanol–water partition coefficient (Wildman–Crippen LogP) is 2.36. The van der Waals surface area contributed by atoms with E-state index < -0.39 is 6.03 Å². The van der Waals surface area contributed by atoms with Gasteiger partial charge in [-0.05, 0) is 30.0 Å². The third kappa shape index (κ3) is 3.30. The number of imide groups is 1. The zero-order valence-corrected chi connectivity index (χ0v) is 17.4. The lowest BCUT2D eigenvalue weighted by atomic mass is 9.82. The van der Waals surface area contributed by atoms with Crippen molar-refractivity contribution < 1.29 is 19.1 Å². The van der Waals surface area contributed by atoms with Crippen molar-refractivity contribution in [2.45, 2.75) is 24.9 Å². The van der Waals surface area contributed by atoms with E-state index in [-0.39, 0.29) is 30.5 Å². The molecule has 0 bridgehead atoms. The van der Waals surface area contributed by atoms with Gasteiger partial charge in [0.25, 0.3) is 5.91 Å². The van der Waals surface area contributed by atoms with Crippen LogP contribution in [-0.2, 0) is 26.3 Å². The molecule has 8 heteroatoms. The number of thiophene rings is 1. The van der Waals surface area contributed by atoms with Crippen molar-refractivity contribution in [3.8, 4) is 10.4 Å². The average Bonchev–Trinajstić information content (AvgIpc) is 3.35. The Kier molecular flexibility index (Phi) is 4.83. The molecule has 0 atom stereocenters. The van der Waals surface area contributed by atoms with Crippen molar-refractivity contribution in [3.05, 3.63) is 46.8 Å². The molecule has 0 saturated carbocycles. The summed E-state index contributed by atoms with van der Waals surface area (Å²) < 4.78 is 6.32. The molecule has 1 aromatic carbocycles. The monoisotopic (exact) mass is 425 g/mol. The number of nitrogens with zero attached hydrogens (tertiary/aromatic N) is 2. The summed E-state index contributed by atoms with van der Waals surface area (Å²) in [6, 6.07) is 12.1. The van der Waals surface area contributed by atoms with Crippen LogP contribution in [0, 0.1) is 0 Å². The Labute approximate surface area is 178 Å². The maximum atomic E-state index is 12.7. The van der Waals surface area contributed by atoms with Gasteiger partial charge >= 0.3 is 6.03 Å². The van der Waals surface area contributed by atoms with Crippen LogP contribution in [0.5, 0.6) is 0 Å². The number of hydrogen-bond acceptors (Lipinski definition) is 5. The summed E-state index contributed by atoms with van der Waals surface area (Å²) in [5, 5.41) is 2.45. The van der Waals surface area contributed by atoms with E-state index in [0.29, 0.717) is 19.7 Å². The molecule has 0 radical (unpaired) electrons. The maximum Gasteiger partial charge on any atom is 0.325 e. The number of benzene rings is 1. The number of rotatable bonds is 3. The van der Waals surface area contributed by atoms with Crippen molar-refractivity contribution in [1.29, 1.82) is 0 Å². The second-order valence-corrected chi connectivity index (χ2v) is 9.06. The number of nitrogens with one attached hydrogen (secondary N) is 1. The second kappa shape index (κ2) is 7.52. The number of piperidine rings is 1. The number of likely N-dealkylation sites (tertiary alicyclic amines) is 1. The lowest BCUT2D eigenvalue weighted by molar-refractivity contribution is -0.143. The lowest BCUT2D eigenvalue weighted by Crippen LogP contribution is -2.50. The number of carbonyl (C=O) groups is 3. The molecule has 5 rings (SSSR count). The van der Waals surface area contributed by atoms with E-state index in [0.717, 1.165) is 24.2 Å². The number of amides is 4. The van der Waals surface area contributed by atoms with E-state index >= 15 is 0 Å². The fraction of sp³-hybridized carbons (Fsp3) is 0.409. The molecular weight excluding hydrogens is 402 g/mol. The van der Waals surface area contributed by atoms with Gasteiger partial charge in [-0.2, -0.15) is 0 Å². The largest absolute Gasteiger partial charge is 0.370 e. The highest BCUT2D eigenvalue weighted by molar-refractivity contribution is 7.15. The molecule has 156 valence electrons. The zero-order valence-electron chi connectivity index (χ0n) is 16.6. The molecule has 1 N–H and O–H groups in total. The molecule has 7 nitrogen and oxygen atoms in total. The topological polar surface area (TPSA) is 79.0 Å². The Bertz CT molecular complexity index is 979. The van der Waals surface area contributed by atoms with Crippen LogP contribution in [0.3, 0.4) is 0 Å². The van der Waals surface area contributed by atoms with Crippen LogP contribution in [0.1, 0.15) is 23.3 Å². The molecule has 3 aliphatic rings. The number of fused-ring (bicyclic) bond motifs is 2. The average molecular weight is 426 g/mol. The number of ether oxygens (including phenoxy) is 1. The molecule has 0 aliphatic carbocycles. The van der Waals surface area contributed by atoms with Crippen LogP contribution >= 0.6 is 11.3 Å². The van der Waals surface area contributed by atoms with Crippen molar-refractivity contribution in [2.24, 2.45) is 0 Å². The Morgan fingerprint density at radius 3 is 2.63 bits per heavy atom. The van der Waals surface area contributed by atoms with E-state index in [4.69, 9.17) is 4.74 Å². The highest BCUT2D eigenvalue weighted by Crippen LogP contribution is 2.46. The van der Waals surface area contributed by atoms with Gasteiger partial charge in [0.05, 0.1) is 18.8 Å². The first-order chi connectivity index (χ1) is 14.6. The van der Waals surface area contributed by atoms with Gasteiger partial charge in [-0.1, -0.05) is 30.3 Å². The fourth-order valence-electron chi connectivity index (χ4n) is 4.54. The maximum absolute atomic E-state index is 12.7. The van der Waals surface area contributed by atoms with E-state index in [1.54, 1.807) is 4.90 Å². The molecule has 1 spiro atoms. The summed E-state index contributed by atoms with van der Waals surface area (Å²) >= 11 is 1.84. The zero-order chi connectivity index (χ0) is 20.7. The van der Waals surface area contributed by atoms with Gasteiger partial charge in [0.2, 0.25) is 5.91 Å². The molecule has 2 saturated heterocycles. The Morgan fingerprint density at radius 1 is 1.17 bits per heavy atom. The number of hydrogen-bond donors (Lipinski definition) is 1. The van der Waals surface area contributed by atoms with Crippen LogP contribution in [0.15, 0.2) is 36.4 Å². The van der Waals surface area contributed by atoms with Crippen molar-refractivity contribution in [2.75, 3.05) is 32.8 Å². The molecule has 1 aromatic heterocycles. The minimum Gasteiger partial charge on any atom is -0.370 e. The minimum atomic E-state index is -0.492. The normalized spacial score (nSPS) is 20.4. The molecule has 0 unspecified atom stereocenters. The molecule has 30 heavy (non-hydrogen) atoms. The molecule has 4 heterocycles. The van der Waals surface area contributed by atoms with Crippen molar-refractivity contribution in [3.63, 3.8) is 0 Å². The van der Waals surface area contributed by atoms with Crippen LogP contribution < -0.4 is 5.32 Å². The van der Waals surface area contributed by atoms with E-state index in [9.17, 15) is 14.4 Å². The van der Waals surface area contributed by atoms with Gasteiger partial charge in [-0.3, -0.25) is 14.5 Å². The summed E-state index contributed by atoms with van der Waals surface area (Å²) in [7, 11) is 0. The first-order valence-electron chi connectivity index (χ1n) is 10.2. The Balaban J connectivity index is 1.30. The highest BCUT2D eigenvalue weighted by Gasteiger charge is 2.43. The van der Waals surface area contributed by atoms with E-state index in [1.807, 2.05) is 17.4 Å². The third-order valence-corrected chi connectivity index (χ3v) is 7.46. The van der Waals surface area contributed by atoms with Crippen LogP contribution in [0.25, 0.3) is 10.4 Å². The summed E-state index contributed by atoms with van der Waals surface area (Å²) in [5.41, 5.74) is 2.13. The van der Waals surface area contributed by atoms with Gasteiger partial charge in [0, 0.05) is 29.3 Å². The number of carbonyl (C=O) groups excluding carboxylic acids is 3. The standard InChI is InChI=1S/C22H23N3O4S/c26-19-13-23-21(28)25(19)14-20(27)24-9-7-22(8-10-24)16-12-18(15-4-2-1-3-5-15)30-17(16)6-11-29-22/h1-5,12H,6-11,13-14H2,(H,23,28). The molecule has 4 amide bonds. The van der Waals surface area contributed by atoms with Gasteiger partial charge < -0.3 is 15.0 Å². The smallest absolute Gasteiger partial charge is 0.325 e. The van der Waals surface area contributed by atoms with Crippen molar-refractivity contribution in [1.82, 2.24) is 15.1 Å². The van der Waals surface area contributed by atoms with Crippen LogP contribution in [-0.4, -0.2) is 60.4 Å². The van der Waals surface area contributed by atoms with Gasteiger partial charge in [0.1, 0.15) is 6.54 Å². The quantitative estimate of drug-likeness (QED) is 0.766. The first kappa shape index (κ1) is 19.3. The summed E-state index contributed by atoms with van der Waals surface area (Å²) in [6.45, 7) is 1.57. The third-order valence-electron chi connectivity index (χ3n) is 6.22. The number of urea groups is 1. The first-order valence-corrected chi connectivity index (χ1v) is 11.1. The molecule has 2 fully saturated rings. The molecule has 3 aliphatic heterocycles.